The zero-order valence-corrected chi connectivity index (χ0v) is 16.9. The van der Waals surface area contributed by atoms with Crippen LogP contribution in [-0.2, 0) is 16.0 Å². The number of halogens is 2. The second-order valence-corrected chi connectivity index (χ2v) is 8.31. The maximum Gasteiger partial charge on any atom is 0.233 e. The molecule has 0 saturated carbocycles. The molecule has 140 valence electrons. The Morgan fingerprint density at radius 2 is 2.00 bits per heavy atom. The molecule has 1 fully saturated rings. The van der Waals surface area contributed by atoms with Gasteiger partial charge in [0.15, 0.2) is 5.13 Å². The molecule has 4 rings (SSSR count). The van der Waals surface area contributed by atoms with Crippen LogP contribution in [0.25, 0.3) is 10.2 Å². The second kappa shape index (κ2) is 8.15. The molecule has 0 bridgehead atoms. The minimum Gasteiger partial charge on any atom is -0.376 e. The number of hydrogen-bond acceptors (Lipinski definition) is 4. The lowest BCUT2D eigenvalue weighted by molar-refractivity contribution is -0.118. The summed E-state index contributed by atoms with van der Waals surface area (Å²) < 4.78 is 6.72. The van der Waals surface area contributed by atoms with Crippen molar-refractivity contribution in [2.45, 2.75) is 25.4 Å². The van der Waals surface area contributed by atoms with Crippen molar-refractivity contribution in [1.29, 1.82) is 0 Å². The molecule has 4 nitrogen and oxygen atoms in total. The van der Waals surface area contributed by atoms with Crippen molar-refractivity contribution in [3.63, 3.8) is 0 Å². The van der Waals surface area contributed by atoms with E-state index in [0.29, 0.717) is 21.7 Å². The summed E-state index contributed by atoms with van der Waals surface area (Å²) in [7, 11) is 0. The molecule has 1 saturated heterocycles. The molecule has 7 heteroatoms. The largest absolute Gasteiger partial charge is 0.376 e. The highest BCUT2D eigenvalue weighted by Gasteiger charge is 2.26. The molecular weight excluding hydrogens is 403 g/mol. The fraction of sp³-hybridized carbons (Fsp3) is 0.300. The van der Waals surface area contributed by atoms with Gasteiger partial charge in [-0.1, -0.05) is 58.8 Å². The van der Waals surface area contributed by atoms with E-state index in [4.69, 9.17) is 27.9 Å². The van der Waals surface area contributed by atoms with Crippen LogP contribution >= 0.6 is 34.5 Å². The minimum atomic E-state index is -0.0474. The van der Waals surface area contributed by atoms with Gasteiger partial charge in [-0.05, 0) is 36.6 Å². The van der Waals surface area contributed by atoms with Crippen LogP contribution in [0.4, 0.5) is 5.13 Å². The van der Waals surface area contributed by atoms with Crippen LogP contribution in [0.15, 0.2) is 42.5 Å². The molecular formula is C20H18Cl2N2O2S. The number of fused-ring (bicyclic) bond motifs is 1. The molecule has 27 heavy (non-hydrogen) atoms. The van der Waals surface area contributed by atoms with E-state index >= 15 is 0 Å². The Morgan fingerprint density at radius 3 is 2.74 bits per heavy atom. The van der Waals surface area contributed by atoms with E-state index in [1.807, 2.05) is 36.4 Å². The van der Waals surface area contributed by atoms with Crippen molar-refractivity contribution in [3.8, 4) is 0 Å². The average Bonchev–Trinajstić information content (AvgIpc) is 3.31. The highest BCUT2D eigenvalue weighted by Crippen LogP contribution is 2.34. The number of carbonyl (C=O) groups excluding carboxylic acids is 1. The van der Waals surface area contributed by atoms with E-state index in [2.05, 4.69) is 4.98 Å². The third-order valence-corrected chi connectivity index (χ3v) is 6.32. The van der Waals surface area contributed by atoms with Crippen LogP contribution < -0.4 is 4.90 Å². The van der Waals surface area contributed by atoms with Gasteiger partial charge in [-0.3, -0.25) is 9.69 Å². The van der Waals surface area contributed by atoms with Gasteiger partial charge in [0.05, 0.1) is 28.8 Å². The fourth-order valence-electron chi connectivity index (χ4n) is 3.20. The standard InChI is InChI=1S/C20H18Cl2N2O2S/c21-15-7-2-1-5-13(15)11-18(25)24(12-14-6-4-10-26-14)20-23-19-16(22)8-3-9-17(19)27-20/h1-3,5,7-9,14H,4,6,10-12H2. The van der Waals surface area contributed by atoms with Crippen molar-refractivity contribution in [2.24, 2.45) is 0 Å². The third kappa shape index (κ3) is 4.11. The summed E-state index contributed by atoms with van der Waals surface area (Å²) in [6.45, 7) is 1.23. The lowest BCUT2D eigenvalue weighted by atomic mass is 10.1. The molecule has 2 aromatic carbocycles. The van der Waals surface area contributed by atoms with Gasteiger partial charge in [-0.2, -0.15) is 0 Å². The van der Waals surface area contributed by atoms with Crippen LogP contribution in [0.5, 0.6) is 0 Å². The first kappa shape index (κ1) is 18.7. The summed E-state index contributed by atoms with van der Waals surface area (Å²) in [6, 6.07) is 13.1. The molecule has 2 heterocycles. The van der Waals surface area contributed by atoms with Crippen molar-refractivity contribution < 1.29 is 9.53 Å². The predicted molar refractivity (Wildman–Crippen MR) is 111 cm³/mol. The fourth-order valence-corrected chi connectivity index (χ4v) is 4.69. The lowest BCUT2D eigenvalue weighted by Gasteiger charge is -2.23. The van der Waals surface area contributed by atoms with E-state index in [0.717, 1.165) is 35.2 Å². The number of benzene rings is 2. The van der Waals surface area contributed by atoms with Gasteiger partial charge in [0.1, 0.15) is 5.52 Å². The molecule has 0 N–H and O–H groups in total. The van der Waals surface area contributed by atoms with E-state index in [1.165, 1.54) is 11.3 Å². The summed E-state index contributed by atoms with van der Waals surface area (Å²) in [6.07, 6.45) is 2.21. The SMILES string of the molecule is O=C(Cc1ccccc1Cl)N(CC1CCCO1)c1nc2c(Cl)cccc2s1. The smallest absolute Gasteiger partial charge is 0.233 e. The van der Waals surface area contributed by atoms with Crippen LogP contribution in [0.1, 0.15) is 18.4 Å². The zero-order chi connectivity index (χ0) is 18.8. The summed E-state index contributed by atoms with van der Waals surface area (Å²) >= 11 is 14.0. The summed E-state index contributed by atoms with van der Waals surface area (Å²) in [5.41, 5.74) is 1.53. The number of nitrogens with zero attached hydrogens (tertiary/aromatic N) is 2. The van der Waals surface area contributed by atoms with E-state index in [9.17, 15) is 4.79 Å². The normalized spacial score (nSPS) is 16.7. The first-order valence-electron chi connectivity index (χ1n) is 8.82. The molecule has 1 unspecified atom stereocenters. The molecule has 0 spiro atoms. The van der Waals surface area contributed by atoms with Crippen molar-refractivity contribution >= 4 is 55.8 Å². The van der Waals surface area contributed by atoms with Gasteiger partial charge in [-0.15, -0.1) is 0 Å². The average molecular weight is 421 g/mol. The van der Waals surface area contributed by atoms with Gasteiger partial charge >= 0.3 is 0 Å². The van der Waals surface area contributed by atoms with Gasteiger partial charge in [0.2, 0.25) is 5.91 Å². The van der Waals surface area contributed by atoms with Crippen LogP contribution in [0.3, 0.4) is 0 Å². The Balaban J connectivity index is 1.66. The Morgan fingerprint density at radius 1 is 1.19 bits per heavy atom. The van der Waals surface area contributed by atoms with Crippen molar-refractivity contribution in [2.75, 3.05) is 18.1 Å². The first-order chi connectivity index (χ1) is 13.1. The quantitative estimate of drug-likeness (QED) is 0.557. The Labute approximate surface area is 171 Å². The number of aromatic nitrogens is 1. The number of para-hydroxylation sites is 1. The number of anilines is 1. The van der Waals surface area contributed by atoms with Crippen LogP contribution in [-0.4, -0.2) is 30.1 Å². The molecule has 1 aromatic heterocycles. The number of thiazole rings is 1. The molecule has 1 atom stereocenters. The Kier molecular flexibility index (Phi) is 5.64. The Bertz CT molecular complexity index is 970. The summed E-state index contributed by atoms with van der Waals surface area (Å²) in [5.74, 6) is -0.0474. The highest BCUT2D eigenvalue weighted by molar-refractivity contribution is 7.22. The third-order valence-electron chi connectivity index (χ3n) is 4.60. The van der Waals surface area contributed by atoms with E-state index < -0.39 is 0 Å². The summed E-state index contributed by atoms with van der Waals surface area (Å²) in [5, 5.41) is 1.83. The summed E-state index contributed by atoms with van der Waals surface area (Å²) in [4.78, 5) is 19.5. The van der Waals surface area contributed by atoms with E-state index in [-0.39, 0.29) is 18.4 Å². The molecule has 0 radical (unpaired) electrons. The Hall–Kier alpha value is -1.66. The highest BCUT2D eigenvalue weighted by atomic mass is 35.5. The lowest BCUT2D eigenvalue weighted by Crippen LogP contribution is -2.38. The molecule has 0 aliphatic carbocycles. The zero-order valence-electron chi connectivity index (χ0n) is 14.5. The van der Waals surface area contributed by atoms with Crippen LogP contribution in [0.2, 0.25) is 10.0 Å². The maximum absolute atomic E-state index is 13.2. The number of hydrogen-bond donors (Lipinski definition) is 0. The van der Waals surface area contributed by atoms with Gasteiger partial charge in [0.25, 0.3) is 0 Å². The van der Waals surface area contributed by atoms with Crippen molar-refractivity contribution in [1.82, 2.24) is 4.98 Å². The first-order valence-corrected chi connectivity index (χ1v) is 10.4. The number of carbonyl (C=O) groups is 1. The molecule has 1 aliphatic rings. The topological polar surface area (TPSA) is 42.4 Å². The van der Waals surface area contributed by atoms with Gasteiger partial charge < -0.3 is 4.74 Å². The molecule has 3 aromatic rings. The number of ether oxygens (including phenoxy) is 1. The minimum absolute atomic E-state index is 0.0303. The van der Waals surface area contributed by atoms with Crippen LogP contribution in [0, 0.1) is 0 Å². The maximum atomic E-state index is 13.2. The van der Waals surface area contributed by atoms with E-state index in [1.54, 1.807) is 11.0 Å². The second-order valence-electron chi connectivity index (χ2n) is 6.49. The monoisotopic (exact) mass is 420 g/mol. The molecule has 1 amide bonds. The molecule has 1 aliphatic heterocycles. The van der Waals surface area contributed by atoms with Gasteiger partial charge in [-0.25, -0.2) is 4.98 Å². The number of rotatable bonds is 5. The predicted octanol–water partition coefficient (Wildman–Crippen LogP) is 5.36. The number of amides is 1. The van der Waals surface area contributed by atoms with Gasteiger partial charge in [0, 0.05) is 11.6 Å². The van der Waals surface area contributed by atoms with Crippen molar-refractivity contribution in [3.05, 3.63) is 58.1 Å².